The maximum absolute atomic E-state index is 10.6. The topological polar surface area (TPSA) is 66.4 Å². The van der Waals surface area contributed by atoms with E-state index in [9.17, 15) is 9.59 Å². The Morgan fingerprint density at radius 2 is 1.69 bits per heavy atom. The Labute approximate surface area is 79.3 Å². The van der Waals surface area contributed by atoms with Crippen LogP contribution in [0.5, 0.6) is 0 Å². The molecular formula is C9H19NO3. The highest BCUT2D eigenvalue weighted by Gasteiger charge is 2.15. The predicted molar refractivity (Wildman–Crippen MR) is 51.3 cm³/mol. The first-order chi connectivity index (χ1) is 5.83. The summed E-state index contributed by atoms with van der Waals surface area (Å²) in [4.78, 5) is 21.0. The van der Waals surface area contributed by atoms with Gasteiger partial charge in [0.25, 0.3) is 5.91 Å². The van der Waals surface area contributed by atoms with Crippen LogP contribution in [0, 0.1) is 0 Å². The summed E-state index contributed by atoms with van der Waals surface area (Å²) in [6.07, 6.45) is 0. The number of ketones is 1. The summed E-state index contributed by atoms with van der Waals surface area (Å²) in [6.45, 7) is 8.37. The normalized spacial score (nSPS) is 9.69. The molecule has 4 nitrogen and oxygen atoms in total. The molecule has 0 fully saturated rings. The molecule has 0 heterocycles. The lowest BCUT2D eigenvalue weighted by atomic mass is 10.1. The lowest BCUT2D eigenvalue weighted by Gasteiger charge is -2.16. The number of amides is 1. The Hall–Kier alpha value is -0.900. The monoisotopic (exact) mass is 189 g/mol. The first-order valence-corrected chi connectivity index (χ1v) is 4.34. The van der Waals surface area contributed by atoms with Crippen LogP contribution < -0.4 is 5.32 Å². The minimum Gasteiger partial charge on any atom is -0.389 e. The number of hydrogen-bond donors (Lipinski definition) is 2. The second-order valence-corrected chi connectivity index (χ2v) is 3.05. The molecule has 4 heteroatoms. The van der Waals surface area contributed by atoms with Crippen molar-refractivity contribution in [3.63, 3.8) is 0 Å². The molecule has 0 radical (unpaired) electrons. The second kappa shape index (κ2) is 6.60. The van der Waals surface area contributed by atoms with Crippen LogP contribution >= 0.6 is 0 Å². The zero-order valence-electron chi connectivity index (χ0n) is 8.97. The molecule has 0 atom stereocenters. The molecule has 78 valence electrons. The van der Waals surface area contributed by atoms with E-state index in [1.807, 2.05) is 13.8 Å². The quantitative estimate of drug-likeness (QED) is 0.635. The molecule has 1 amide bonds. The molecule has 2 N–H and O–H groups in total. The average molecular weight is 189 g/mol. The van der Waals surface area contributed by atoms with Crippen LogP contribution in [0.2, 0.25) is 0 Å². The van der Waals surface area contributed by atoms with E-state index < -0.39 is 17.3 Å². The molecule has 0 aliphatic rings. The molecule has 0 aromatic carbocycles. The number of carbonyl (C=O) groups is 2. The molecule has 0 saturated carbocycles. The molecule has 0 rings (SSSR count). The van der Waals surface area contributed by atoms with Gasteiger partial charge in [0.1, 0.15) is 0 Å². The zero-order valence-corrected chi connectivity index (χ0v) is 8.97. The first kappa shape index (κ1) is 14.6. The average Bonchev–Trinajstić information content (AvgIpc) is 2.02. The molecule has 0 aliphatic heterocycles. The van der Waals surface area contributed by atoms with Crippen LogP contribution in [0.1, 0.15) is 34.6 Å². The van der Waals surface area contributed by atoms with Crippen LogP contribution in [-0.2, 0) is 9.59 Å². The van der Waals surface area contributed by atoms with Crippen molar-refractivity contribution < 1.29 is 14.7 Å². The lowest BCUT2D eigenvalue weighted by Crippen LogP contribution is -2.40. The number of Topliss-reactive ketones (excluding diaryl/α,β-unsaturated/α-hetero) is 1. The van der Waals surface area contributed by atoms with E-state index in [0.717, 1.165) is 0 Å². The van der Waals surface area contributed by atoms with Crippen molar-refractivity contribution in [3.8, 4) is 0 Å². The highest BCUT2D eigenvalue weighted by Crippen LogP contribution is 1.96. The molecule has 0 aromatic heterocycles. The van der Waals surface area contributed by atoms with E-state index in [-0.39, 0.29) is 6.54 Å². The van der Waals surface area contributed by atoms with Gasteiger partial charge in [-0.3, -0.25) is 9.59 Å². The van der Waals surface area contributed by atoms with Gasteiger partial charge >= 0.3 is 0 Å². The fourth-order valence-electron chi connectivity index (χ4n) is 0.421. The maximum Gasteiger partial charge on any atom is 0.287 e. The van der Waals surface area contributed by atoms with Gasteiger partial charge < -0.3 is 10.4 Å². The summed E-state index contributed by atoms with van der Waals surface area (Å²) in [5.74, 6) is -1.21. The number of hydrogen-bond acceptors (Lipinski definition) is 3. The van der Waals surface area contributed by atoms with Gasteiger partial charge in [-0.1, -0.05) is 13.8 Å². The van der Waals surface area contributed by atoms with Crippen LogP contribution in [-0.4, -0.2) is 28.9 Å². The summed E-state index contributed by atoms with van der Waals surface area (Å²) in [5, 5.41) is 11.4. The van der Waals surface area contributed by atoms with E-state index in [1.54, 1.807) is 13.8 Å². The van der Waals surface area contributed by atoms with E-state index >= 15 is 0 Å². The van der Waals surface area contributed by atoms with Crippen molar-refractivity contribution in [3.05, 3.63) is 0 Å². The summed E-state index contributed by atoms with van der Waals surface area (Å²) in [6, 6.07) is 0. The lowest BCUT2D eigenvalue weighted by molar-refractivity contribution is -0.137. The third-order valence-electron chi connectivity index (χ3n) is 1.00. The Morgan fingerprint density at radius 3 is 1.92 bits per heavy atom. The molecule has 0 bridgehead atoms. The number of carbonyl (C=O) groups excluding carboxylic acids is 2. The van der Waals surface area contributed by atoms with Gasteiger partial charge in [-0.05, 0) is 13.8 Å². The highest BCUT2D eigenvalue weighted by molar-refractivity contribution is 6.35. The number of aliphatic hydroxyl groups is 1. The molecule has 0 saturated heterocycles. The molecule has 0 unspecified atom stereocenters. The van der Waals surface area contributed by atoms with E-state index in [0.29, 0.717) is 0 Å². The van der Waals surface area contributed by atoms with Crippen LogP contribution in [0.4, 0.5) is 0 Å². The zero-order chi connectivity index (χ0) is 11.1. The van der Waals surface area contributed by atoms with Gasteiger partial charge in [-0.25, -0.2) is 0 Å². The Kier molecular flexibility index (Phi) is 7.42. The van der Waals surface area contributed by atoms with Gasteiger partial charge in [-0.15, -0.1) is 0 Å². The molecule has 0 spiro atoms. The van der Waals surface area contributed by atoms with Crippen LogP contribution in [0.25, 0.3) is 0 Å². The Balaban J connectivity index is 0. The minimum atomic E-state index is -0.967. The molecule has 0 aromatic rings. The SMILES string of the molecule is CC.CC(=O)C(=O)NCC(C)(C)O. The third kappa shape index (κ3) is 11.1. The minimum absolute atomic E-state index is 0.0887. The van der Waals surface area contributed by atoms with Crippen LogP contribution in [0.15, 0.2) is 0 Å². The van der Waals surface area contributed by atoms with Crippen molar-refractivity contribution in [1.29, 1.82) is 0 Å². The molecular weight excluding hydrogens is 170 g/mol. The smallest absolute Gasteiger partial charge is 0.287 e. The van der Waals surface area contributed by atoms with Crippen molar-refractivity contribution in [2.24, 2.45) is 0 Å². The van der Waals surface area contributed by atoms with Crippen molar-refractivity contribution in [2.45, 2.75) is 40.2 Å². The van der Waals surface area contributed by atoms with Crippen LogP contribution in [0.3, 0.4) is 0 Å². The van der Waals surface area contributed by atoms with E-state index in [1.165, 1.54) is 6.92 Å². The largest absolute Gasteiger partial charge is 0.389 e. The van der Waals surface area contributed by atoms with Gasteiger partial charge in [-0.2, -0.15) is 0 Å². The van der Waals surface area contributed by atoms with E-state index in [2.05, 4.69) is 5.32 Å². The van der Waals surface area contributed by atoms with Gasteiger partial charge in [0, 0.05) is 13.5 Å². The first-order valence-electron chi connectivity index (χ1n) is 4.34. The fraction of sp³-hybridized carbons (Fsp3) is 0.778. The predicted octanol–water partition coefficient (Wildman–Crippen LogP) is 0.489. The standard InChI is InChI=1S/C7H13NO3.C2H6/c1-5(9)6(10)8-4-7(2,3)11;1-2/h11H,4H2,1-3H3,(H,8,10);1-2H3. The highest BCUT2D eigenvalue weighted by atomic mass is 16.3. The van der Waals surface area contributed by atoms with Gasteiger partial charge in [0.05, 0.1) is 5.60 Å². The van der Waals surface area contributed by atoms with Crippen molar-refractivity contribution >= 4 is 11.7 Å². The summed E-state index contributed by atoms with van der Waals surface area (Å²) < 4.78 is 0. The van der Waals surface area contributed by atoms with Gasteiger partial charge in [0.15, 0.2) is 0 Å². The fourth-order valence-corrected chi connectivity index (χ4v) is 0.421. The summed E-state index contributed by atoms with van der Waals surface area (Å²) in [5.41, 5.74) is -0.967. The molecule has 0 aliphatic carbocycles. The molecule has 13 heavy (non-hydrogen) atoms. The Morgan fingerprint density at radius 1 is 1.31 bits per heavy atom. The summed E-state index contributed by atoms with van der Waals surface area (Å²) in [7, 11) is 0. The van der Waals surface area contributed by atoms with Gasteiger partial charge in [0.2, 0.25) is 5.78 Å². The maximum atomic E-state index is 10.6. The summed E-state index contributed by atoms with van der Waals surface area (Å²) >= 11 is 0. The number of nitrogens with one attached hydrogen (secondary N) is 1. The van der Waals surface area contributed by atoms with Crippen molar-refractivity contribution in [2.75, 3.05) is 6.54 Å². The third-order valence-corrected chi connectivity index (χ3v) is 1.00. The van der Waals surface area contributed by atoms with E-state index in [4.69, 9.17) is 5.11 Å². The number of rotatable bonds is 3. The second-order valence-electron chi connectivity index (χ2n) is 3.05. The Bertz CT molecular complexity index is 170. The van der Waals surface area contributed by atoms with Crippen molar-refractivity contribution in [1.82, 2.24) is 5.32 Å².